The number of hydrogen-bond acceptors (Lipinski definition) is 10. The summed E-state index contributed by atoms with van der Waals surface area (Å²) in [6.07, 6.45) is 2.55. The van der Waals surface area contributed by atoms with Crippen molar-refractivity contribution in [1.82, 2.24) is 9.97 Å². The molecule has 0 aliphatic carbocycles. The maximum absolute atomic E-state index is 12.1. The van der Waals surface area contributed by atoms with Crippen LogP contribution in [-0.4, -0.2) is 33.4 Å². The Morgan fingerprint density at radius 3 is 2.77 bits per heavy atom. The lowest BCUT2D eigenvalue weighted by molar-refractivity contribution is -0.384. The van der Waals surface area contributed by atoms with Crippen LogP contribution in [0.4, 0.5) is 11.5 Å². The van der Waals surface area contributed by atoms with Crippen LogP contribution >= 0.6 is 11.3 Å². The molecule has 3 aromatic rings. The number of aryl methyl sites for hydroxylation is 1. The Kier molecular flexibility index (Phi) is 6.55. The van der Waals surface area contributed by atoms with Crippen LogP contribution in [0.25, 0.3) is 16.3 Å². The van der Waals surface area contributed by atoms with E-state index in [4.69, 9.17) is 15.2 Å². The third-order valence-electron chi connectivity index (χ3n) is 4.16. The lowest BCUT2D eigenvalue weighted by atomic mass is 10.2. The Labute approximate surface area is 180 Å². The number of nitro groups is 1. The summed E-state index contributed by atoms with van der Waals surface area (Å²) >= 11 is 1.13. The lowest BCUT2D eigenvalue weighted by Gasteiger charge is -2.04. The van der Waals surface area contributed by atoms with Gasteiger partial charge in [-0.15, -0.1) is 11.3 Å². The molecule has 3 rings (SSSR count). The average Bonchev–Trinajstić information content (AvgIpc) is 3.08. The van der Waals surface area contributed by atoms with Gasteiger partial charge in [-0.1, -0.05) is 12.1 Å². The van der Waals surface area contributed by atoms with Gasteiger partial charge in [-0.3, -0.25) is 10.1 Å². The number of aromatic nitrogens is 2. The van der Waals surface area contributed by atoms with Gasteiger partial charge in [-0.2, -0.15) is 0 Å². The molecule has 0 aliphatic heterocycles. The number of benzene rings is 1. The number of nitrogen functional groups attached to an aromatic ring is 1. The molecule has 2 N–H and O–H groups in total. The molecular formula is C20H18N4O6S. The van der Waals surface area contributed by atoms with Crippen LogP contribution in [0.5, 0.6) is 0 Å². The summed E-state index contributed by atoms with van der Waals surface area (Å²) in [5.41, 5.74) is 7.06. The van der Waals surface area contributed by atoms with E-state index < -0.39 is 16.9 Å². The number of ether oxygens (including phenoxy) is 2. The highest BCUT2D eigenvalue weighted by Gasteiger charge is 2.20. The van der Waals surface area contributed by atoms with Crippen molar-refractivity contribution in [2.45, 2.75) is 20.5 Å². The number of thiophene rings is 1. The predicted molar refractivity (Wildman–Crippen MR) is 114 cm³/mol. The molecule has 0 radical (unpaired) electrons. The minimum Gasteiger partial charge on any atom is -0.462 e. The number of carbonyl (C=O) groups excluding carboxylic acids is 2. The summed E-state index contributed by atoms with van der Waals surface area (Å²) in [5, 5.41) is 11.4. The van der Waals surface area contributed by atoms with Crippen LogP contribution in [0.1, 0.15) is 33.5 Å². The number of non-ortho nitro benzene ring substituents is 1. The van der Waals surface area contributed by atoms with E-state index in [0.29, 0.717) is 26.2 Å². The third-order valence-corrected chi connectivity index (χ3v) is 5.33. The fourth-order valence-electron chi connectivity index (χ4n) is 2.76. The molecule has 0 atom stereocenters. The van der Waals surface area contributed by atoms with E-state index >= 15 is 0 Å². The number of anilines is 1. The molecule has 0 amide bonds. The molecule has 1 aromatic carbocycles. The first kappa shape index (κ1) is 21.8. The summed E-state index contributed by atoms with van der Waals surface area (Å²) in [5.74, 6) is -0.781. The first-order valence-electron chi connectivity index (χ1n) is 9.12. The maximum atomic E-state index is 12.1. The number of fused-ring (bicyclic) bond motifs is 1. The standard InChI is InChI=1S/C20H18N4O6S/c1-3-29-20(26)17-11(2)16-18(21)22-14(23-19(16)31-17)10-30-15(25)8-7-12-5-4-6-13(9-12)24(27)28/h4-9H,3,10H2,1-2H3,(H2,21,22,23)/b8-7+. The average molecular weight is 442 g/mol. The third kappa shape index (κ3) is 5.01. The molecule has 0 spiro atoms. The lowest BCUT2D eigenvalue weighted by Crippen LogP contribution is -2.06. The molecule has 2 heterocycles. The second kappa shape index (κ2) is 9.30. The van der Waals surface area contributed by atoms with E-state index in [9.17, 15) is 19.7 Å². The zero-order chi connectivity index (χ0) is 22.5. The number of nitro benzene ring substituents is 1. The van der Waals surface area contributed by atoms with Gasteiger partial charge >= 0.3 is 11.9 Å². The normalized spacial score (nSPS) is 11.0. The molecule has 0 saturated heterocycles. The van der Waals surface area contributed by atoms with Gasteiger partial charge in [-0.25, -0.2) is 19.6 Å². The monoisotopic (exact) mass is 442 g/mol. The van der Waals surface area contributed by atoms with E-state index in [1.807, 2.05) is 0 Å². The maximum Gasteiger partial charge on any atom is 0.348 e. The Morgan fingerprint density at radius 2 is 2.06 bits per heavy atom. The Balaban J connectivity index is 1.72. The van der Waals surface area contributed by atoms with Crippen molar-refractivity contribution in [1.29, 1.82) is 0 Å². The summed E-state index contributed by atoms with van der Waals surface area (Å²) in [4.78, 5) is 43.7. The number of esters is 2. The van der Waals surface area contributed by atoms with Crippen LogP contribution in [0.2, 0.25) is 0 Å². The van der Waals surface area contributed by atoms with Gasteiger partial charge in [0.15, 0.2) is 12.4 Å². The second-order valence-electron chi connectivity index (χ2n) is 6.28. The van der Waals surface area contributed by atoms with Gasteiger partial charge in [0.05, 0.1) is 16.9 Å². The van der Waals surface area contributed by atoms with Crippen molar-refractivity contribution in [2.75, 3.05) is 12.3 Å². The minimum atomic E-state index is -0.677. The zero-order valence-corrected chi connectivity index (χ0v) is 17.5. The largest absolute Gasteiger partial charge is 0.462 e. The summed E-state index contributed by atoms with van der Waals surface area (Å²) in [6, 6.07) is 5.83. The van der Waals surface area contributed by atoms with E-state index in [2.05, 4.69) is 9.97 Å². The van der Waals surface area contributed by atoms with Crippen LogP contribution in [-0.2, 0) is 20.9 Å². The molecule has 10 nitrogen and oxygen atoms in total. The molecule has 0 fully saturated rings. The Hall–Kier alpha value is -3.86. The summed E-state index contributed by atoms with van der Waals surface area (Å²) in [7, 11) is 0. The number of hydrogen-bond donors (Lipinski definition) is 1. The van der Waals surface area contributed by atoms with Crippen molar-refractivity contribution in [2.24, 2.45) is 0 Å². The summed E-state index contributed by atoms with van der Waals surface area (Å²) in [6.45, 7) is 3.47. The first-order valence-corrected chi connectivity index (χ1v) is 9.93. The molecule has 0 aliphatic rings. The van der Waals surface area contributed by atoms with Crippen LogP contribution in [0.3, 0.4) is 0 Å². The van der Waals surface area contributed by atoms with E-state index in [1.165, 1.54) is 24.3 Å². The minimum absolute atomic E-state index is 0.0823. The number of nitrogens with two attached hydrogens (primary N) is 1. The number of nitrogens with zero attached hydrogens (tertiary/aromatic N) is 3. The van der Waals surface area contributed by atoms with Crippen molar-refractivity contribution in [3.63, 3.8) is 0 Å². The van der Waals surface area contributed by atoms with Crippen LogP contribution in [0, 0.1) is 17.0 Å². The van der Waals surface area contributed by atoms with Gasteiger partial charge in [0.1, 0.15) is 15.5 Å². The molecule has 31 heavy (non-hydrogen) atoms. The second-order valence-corrected chi connectivity index (χ2v) is 7.27. The van der Waals surface area contributed by atoms with Gasteiger partial charge in [0.2, 0.25) is 0 Å². The fraction of sp³-hybridized carbons (Fsp3) is 0.200. The van der Waals surface area contributed by atoms with Gasteiger partial charge in [0.25, 0.3) is 5.69 Å². The predicted octanol–water partition coefficient (Wildman–Crippen LogP) is 3.42. The van der Waals surface area contributed by atoms with E-state index in [1.54, 1.807) is 19.9 Å². The molecular weight excluding hydrogens is 424 g/mol. The molecule has 11 heteroatoms. The molecule has 0 saturated carbocycles. The fourth-order valence-corrected chi connectivity index (χ4v) is 3.86. The van der Waals surface area contributed by atoms with E-state index in [-0.39, 0.29) is 30.5 Å². The van der Waals surface area contributed by atoms with Crippen molar-refractivity contribution in [3.8, 4) is 0 Å². The van der Waals surface area contributed by atoms with Crippen molar-refractivity contribution in [3.05, 3.63) is 62.3 Å². The number of carbonyl (C=O) groups is 2. The smallest absolute Gasteiger partial charge is 0.348 e. The molecule has 2 aromatic heterocycles. The van der Waals surface area contributed by atoms with Crippen molar-refractivity contribution < 1.29 is 24.0 Å². The zero-order valence-electron chi connectivity index (χ0n) is 16.7. The Morgan fingerprint density at radius 1 is 1.29 bits per heavy atom. The molecule has 160 valence electrons. The SMILES string of the molecule is CCOC(=O)c1sc2nc(COC(=O)/C=C/c3cccc([N+](=O)[O-])c3)nc(N)c2c1C. The van der Waals surface area contributed by atoms with Crippen LogP contribution < -0.4 is 5.73 Å². The van der Waals surface area contributed by atoms with Crippen molar-refractivity contribution >= 4 is 51.1 Å². The highest BCUT2D eigenvalue weighted by atomic mass is 32.1. The van der Waals surface area contributed by atoms with Gasteiger partial charge in [-0.05, 0) is 31.1 Å². The van der Waals surface area contributed by atoms with E-state index in [0.717, 1.165) is 17.4 Å². The number of rotatable bonds is 7. The summed E-state index contributed by atoms with van der Waals surface area (Å²) < 4.78 is 10.2. The molecule has 0 bridgehead atoms. The highest BCUT2D eigenvalue weighted by molar-refractivity contribution is 7.20. The van der Waals surface area contributed by atoms with Crippen LogP contribution in [0.15, 0.2) is 30.3 Å². The van der Waals surface area contributed by atoms with Gasteiger partial charge in [0, 0.05) is 18.2 Å². The highest BCUT2D eigenvalue weighted by Crippen LogP contribution is 2.33. The Bertz CT molecular complexity index is 1200. The quantitative estimate of drug-likeness (QED) is 0.251. The topological polar surface area (TPSA) is 148 Å². The van der Waals surface area contributed by atoms with Gasteiger partial charge < -0.3 is 15.2 Å². The first-order chi connectivity index (χ1) is 14.8. The molecule has 0 unspecified atom stereocenters.